The van der Waals surface area contributed by atoms with Gasteiger partial charge in [0.05, 0.1) is 23.3 Å². The fourth-order valence-corrected chi connectivity index (χ4v) is 2.81. The molecule has 2 N–H and O–H groups in total. The van der Waals surface area contributed by atoms with Crippen molar-refractivity contribution in [1.82, 2.24) is 15.6 Å². The molecular weight excluding hydrogens is 313 g/mol. The van der Waals surface area contributed by atoms with Gasteiger partial charge in [-0.3, -0.25) is 4.79 Å². The van der Waals surface area contributed by atoms with Gasteiger partial charge < -0.3 is 10.6 Å². The monoisotopic (exact) mass is 327 g/mol. The molecule has 1 heterocycles. The number of nitrogens with zero attached hydrogens (tertiary/aromatic N) is 1. The Labute approximate surface area is 131 Å². The molecule has 0 fully saturated rings. The Morgan fingerprint density at radius 2 is 2.29 bits per heavy atom. The molecule has 1 aromatic heterocycles. The summed E-state index contributed by atoms with van der Waals surface area (Å²) in [6, 6.07) is 4.31. The third-order valence-electron chi connectivity index (χ3n) is 2.82. The Morgan fingerprint density at radius 3 is 2.95 bits per heavy atom. The highest BCUT2D eigenvalue weighted by Crippen LogP contribution is 2.28. The second-order valence-corrected chi connectivity index (χ2v) is 5.82. The molecule has 1 unspecified atom stereocenters. The summed E-state index contributed by atoms with van der Waals surface area (Å²) in [5, 5.41) is 8.35. The van der Waals surface area contributed by atoms with Gasteiger partial charge in [-0.15, -0.1) is 11.3 Å². The van der Waals surface area contributed by atoms with Crippen LogP contribution in [-0.4, -0.2) is 24.5 Å². The van der Waals surface area contributed by atoms with Crippen LogP contribution in [0.15, 0.2) is 23.6 Å². The first-order valence-corrected chi connectivity index (χ1v) is 7.62. The topological polar surface area (TPSA) is 54.0 Å². The molecule has 0 saturated carbocycles. The minimum Gasteiger partial charge on any atom is -0.346 e. The number of nitrogens with one attached hydrogen (secondary N) is 2. The van der Waals surface area contributed by atoms with Gasteiger partial charge in [-0.2, -0.15) is 0 Å². The Balaban J connectivity index is 2.13. The van der Waals surface area contributed by atoms with Crippen molar-refractivity contribution < 1.29 is 9.18 Å². The number of aromatic nitrogens is 1. The maximum atomic E-state index is 13.2. The Morgan fingerprint density at radius 1 is 1.52 bits per heavy atom. The number of carbonyl (C=O) groups is 1. The molecule has 0 spiro atoms. The first-order valence-electron chi connectivity index (χ1n) is 6.36. The summed E-state index contributed by atoms with van der Waals surface area (Å²) in [5.41, 5.74) is 1.46. The van der Waals surface area contributed by atoms with E-state index in [2.05, 4.69) is 15.6 Å². The van der Waals surface area contributed by atoms with Crippen molar-refractivity contribution in [3.63, 3.8) is 0 Å². The van der Waals surface area contributed by atoms with Crippen molar-refractivity contribution in [3.05, 3.63) is 39.4 Å². The average molecular weight is 328 g/mol. The number of benzene rings is 1. The predicted octanol–water partition coefficient (Wildman–Crippen LogP) is 3.00. The van der Waals surface area contributed by atoms with E-state index < -0.39 is 5.82 Å². The third-order valence-corrected chi connectivity index (χ3v) is 4.14. The van der Waals surface area contributed by atoms with Crippen molar-refractivity contribution in [2.24, 2.45) is 0 Å². The van der Waals surface area contributed by atoms with Crippen LogP contribution in [0.5, 0.6) is 0 Å². The van der Waals surface area contributed by atoms with Crippen LogP contribution in [-0.2, 0) is 4.79 Å². The fraction of sp³-hybridized carbons (Fsp3) is 0.286. The first-order chi connectivity index (χ1) is 10.0. The molecule has 1 atom stereocenters. The molecule has 7 heteroatoms. The Hall–Kier alpha value is -1.50. The van der Waals surface area contributed by atoms with E-state index in [1.54, 1.807) is 19.2 Å². The molecule has 1 aromatic carbocycles. The van der Waals surface area contributed by atoms with Gasteiger partial charge in [0.2, 0.25) is 5.91 Å². The van der Waals surface area contributed by atoms with Gasteiger partial charge in [0.1, 0.15) is 10.8 Å². The molecule has 2 rings (SSSR count). The second kappa shape index (κ2) is 6.98. The van der Waals surface area contributed by atoms with Gasteiger partial charge in [-0.25, -0.2) is 9.37 Å². The number of hydrogen-bond acceptors (Lipinski definition) is 4. The van der Waals surface area contributed by atoms with Crippen molar-refractivity contribution in [2.45, 2.75) is 13.0 Å². The highest BCUT2D eigenvalue weighted by Gasteiger charge is 2.14. The van der Waals surface area contributed by atoms with Crippen LogP contribution >= 0.6 is 22.9 Å². The average Bonchev–Trinajstić information content (AvgIpc) is 2.92. The standard InChI is InChI=1S/C14H15ClFN3OS/c1-8(18-13(20)6-17-2)14-19-12(7-21-14)9-3-4-11(16)10(15)5-9/h3-5,7-8,17H,6H2,1-2H3,(H,18,20). The molecule has 4 nitrogen and oxygen atoms in total. The van der Waals surface area contributed by atoms with Gasteiger partial charge in [-0.1, -0.05) is 11.6 Å². The number of hydrogen-bond donors (Lipinski definition) is 2. The summed E-state index contributed by atoms with van der Waals surface area (Å²) in [6.45, 7) is 2.13. The van der Waals surface area contributed by atoms with Crippen LogP contribution in [0.3, 0.4) is 0 Å². The maximum absolute atomic E-state index is 13.2. The van der Waals surface area contributed by atoms with Crippen LogP contribution in [0.4, 0.5) is 4.39 Å². The smallest absolute Gasteiger partial charge is 0.234 e. The summed E-state index contributed by atoms with van der Waals surface area (Å²) in [4.78, 5) is 16.0. The quantitative estimate of drug-likeness (QED) is 0.887. The van der Waals surface area contributed by atoms with Crippen LogP contribution < -0.4 is 10.6 Å². The summed E-state index contributed by atoms with van der Waals surface area (Å²) in [6.07, 6.45) is 0. The van der Waals surface area contributed by atoms with Crippen molar-refractivity contribution in [3.8, 4) is 11.3 Å². The number of likely N-dealkylation sites (N-methyl/N-ethyl adjacent to an activating group) is 1. The number of carbonyl (C=O) groups excluding carboxylic acids is 1. The Bertz CT molecular complexity index is 647. The van der Waals surface area contributed by atoms with Gasteiger partial charge >= 0.3 is 0 Å². The molecule has 0 bridgehead atoms. The summed E-state index contributed by atoms with van der Waals surface area (Å²) in [5.74, 6) is -0.546. The van der Waals surface area contributed by atoms with E-state index >= 15 is 0 Å². The van der Waals surface area contributed by atoms with E-state index in [1.807, 2.05) is 12.3 Å². The molecule has 112 valence electrons. The normalized spacial score (nSPS) is 12.2. The molecule has 21 heavy (non-hydrogen) atoms. The second-order valence-electron chi connectivity index (χ2n) is 4.52. The lowest BCUT2D eigenvalue weighted by atomic mass is 10.2. The molecule has 0 aliphatic rings. The summed E-state index contributed by atoms with van der Waals surface area (Å²) >= 11 is 7.21. The van der Waals surface area contributed by atoms with E-state index in [4.69, 9.17) is 11.6 Å². The van der Waals surface area contributed by atoms with Crippen LogP contribution in [0.2, 0.25) is 5.02 Å². The zero-order chi connectivity index (χ0) is 15.4. The lowest BCUT2D eigenvalue weighted by Gasteiger charge is -2.10. The SMILES string of the molecule is CNCC(=O)NC(C)c1nc(-c2ccc(F)c(Cl)c2)cs1. The minimum atomic E-state index is -0.455. The van der Waals surface area contributed by atoms with Crippen LogP contribution in [0, 0.1) is 5.82 Å². The Kier molecular flexibility index (Phi) is 5.27. The predicted molar refractivity (Wildman–Crippen MR) is 83.0 cm³/mol. The fourth-order valence-electron chi connectivity index (χ4n) is 1.79. The molecule has 0 saturated heterocycles. The van der Waals surface area contributed by atoms with Crippen LogP contribution in [0.25, 0.3) is 11.3 Å². The van der Waals surface area contributed by atoms with E-state index in [0.717, 1.165) is 10.6 Å². The van der Waals surface area contributed by atoms with Gasteiger partial charge in [0, 0.05) is 10.9 Å². The zero-order valence-electron chi connectivity index (χ0n) is 11.6. The first kappa shape index (κ1) is 15.9. The van der Waals surface area contributed by atoms with Gasteiger partial charge in [-0.05, 0) is 32.2 Å². The van der Waals surface area contributed by atoms with Crippen LogP contribution in [0.1, 0.15) is 18.0 Å². The lowest BCUT2D eigenvalue weighted by Crippen LogP contribution is -2.33. The molecule has 2 aromatic rings. The van der Waals surface area contributed by atoms with E-state index in [-0.39, 0.29) is 23.5 Å². The van der Waals surface area contributed by atoms with Gasteiger partial charge in [0.15, 0.2) is 0 Å². The molecule has 1 amide bonds. The number of halogens is 2. The highest BCUT2D eigenvalue weighted by molar-refractivity contribution is 7.10. The third kappa shape index (κ3) is 4.00. The summed E-state index contributed by atoms with van der Waals surface area (Å²) in [7, 11) is 1.71. The maximum Gasteiger partial charge on any atom is 0.234 e. The van der Waals surface area contributed by atoms with Crippen molar-refractivity contribution in [2.75, 3.05) is 13.6 Å². The largest absolute Gasteiger partial charge is 0.346 e. The highest BCUT2D eigenvalue weighted by atomic mass is 35.5. The van der Waals surface area contributed by atoms with E-state index in [0.29, 0.717) is 5.69 Å². The van der Waals surface area contributed by atoms with Crippen molar-refractivity contribution in [1.29, 1.82) is 0 Å². The van der Waals surface area contributed by atoms with Crippen molar-refractivity contribution >= 4 is 28.8 Å². The minimum absolute atomic E-state index is 0.0671. The van der Waals surface area contributed by atoms with Gasteiger partial charge in [0.25, 0.3) is 0 Å². The van der Waals surface area contributed by atoms with E-state index in [9.17, 15) is 9.18 Å². The number of rotatable bonds is 5. The molecule has 0 aliphatic carbocycles. The molecule has 0 radical (unpaired) electrons. The summed E-state index contributed by atoms with van der Waals surface area (Å²) < 4.78 is 13.2. The van der Waals surface area contributed by atoms with E-state index in [1.165, 1.54) is 17.4 Å². The molecule has 0 aliphatic heterocycles. The molecular formula is C14H15ClFN3OS. The lowest BCUT2D eigenvalue weighted by molar-refractivity contribution is -0.120. The zero-order valence-corrected chi connectivity index (χ0v) is 13.2. The number of amides is 1. The number of thiazole rings is 1.